The zero-order chi connectivity index (χ0) is 25.4. The molecular weight excluding hydrogens is 482 g/mol. The number of benzene rings is 2. The number of hydrogen-bond acceptors (Lipinski definition) is 5. The number of amides is 1. The van der Waals surface area contributed by atoms with Crippen molar-refractivity contribution in [3.63, 3.8) is 0 Å². The molecule has 0 bridgehead atoms. The quantitative estimate of drug-likeness (QED) is 0.386. The van der Waals surface area contributed by atoms with Gasteiger partial charge in [0, 0.05) is 28.7 Å². The standard InChI is InChI=1S/C26H26ClN5O4/c1-2-13-30-24(35)20-12-9-17(23(34)28-19-5-3-4-6-19)14-21(20)32-25(30)29-31(26(32)36)15-22(33)16-7-10-18(27)11-8-16/h7-12,14,19H,2-6,13,15H2,1H3,(H,28,34). The lowest BCUT2D eigenvalue weighted by Gasteiger charge is -2.13. The van der Waals surface area contributed by atoms with Crippen LogP contribution in [-0.4, -0.2) is 36.5 Å². The molecule has 186 valence electrons. The van der Waals surface area contributed by atoms with Crippen LogP contribution in [0.3, 0.4) is 0 Å². The van der Waals surface area contributed by atoms with Crippen LogP contribution in [0.1, 0.15) is 59.7 Å². The molecule has 36 heavy (non-hydrogen) atoms. The Balaban J connectivity index is 1.62. The zero-order valence-corrected chi connectivity index (χ0v) is 20.6. The van der Waals surface area contributed by atoms with Crippen LogP contribution in [0.15, 0.2) is 52.1 Å². The Morgan fingerprint density at radius 3 is 2.44 bits per heavy atom. The molecule has 1 aliphatic carbocycles. The largest absolute Gasteiger partial charge is 0.352 e. The number of nitrogens with one attached hydrogen (secondary N) is 1. The third kappa shape index (κ3) is 4.35. The minimum Gasteiger partial charge on any atom is -0.349 e. The summed E-state index contributed by atoms with van der Waals surface area (Å²) in [6.45, 7) is 1.97. The first kappa shape index (κ1) is 24.0. The Morgan fingerprint density at radius 1 is 1.06 bits per heavy atom. The number of Topliss-reactive ketones (excluding diaryl/α,β-unsaturated/α-hetero) is 1. The fourth-order valence-corrected chi connectivity index (χ4v) is 4.91. The van der Waals surface area contributed by atoms with Gasteiger partial charge in [-0.1, -0.05) is 31.4 Å². The molecule has 2 heterocycles. The maximum Gasteiger partial charge on any atom is 0.352 e. The van der Waals surface area contributed by atoms with Crippen LogP contribution in [0.4, 0.5) is 0 Å². The van der Waals surface area contributed by atoms with Crippen LogP contribution in [0.25, 0.3) is 16.7 Å². The first-order valence-electron chi connectivity index (χ1n) is 12.1. The van der Waals surface area contributed by atoms with E-state index in [2.05, 4.69) is 10.4 Å². The second-order valence-electron chi connectivity index (χ2n) is 9.15. The third-order valence-corrected chi connectivity index (χ3v) is 6.89. The number of fused-ring (bicyclic) bond motifs is 3. The smallest absolute Gasteiger partial charge is 0.349 e. The minimum atomic E-state index is -0.560. The van der Waals surface area contributed by atoms with Gasteiger partial charge in [-0.05, 0) is 61.7 Å². The van der Waals surface area contributed by atoms with Crippen LogP contribution in [0, 0.1) is 0 Å². The Hall–Kier alpha value is -3.72. The highest BCUT2D eigenvalue weighted by Crippen LogP contribution is 2.19. The molecule has 10 heteroatoms. The number of carbonyl (C=O) groups excluding carboxylic acids is 2. The van der Waals surface area contributed by atoms with Crippen molar-refractivity contribution in [1.29, 1.82) is 0 Å². The summed E-state index contributed by atoms with van der Waals surface area (Å²) in [5, 5.41) is 8.21. The van der Waals surface area contributed by atoms with Gasteiger partial charge in [0.25, 0.3) is 11.5 Å². The molecule has 2 aromatic carbocycles. The predicted molar refractivity (Wildman–Crippen MR) is 137 cm³/mol. The van der Waals surface area contributed by atoms with E-state index in [4.69, 9.17) is 11.6 Å². The molecule has 2 aromatic heterocycles. The average molecular weight is 508 g/mol. The van der Waals surface area contributed by atoms with E-state index in [0.717, 1.165) is 30.4 Å². The lowest BCUT2D eigenvalue weighted by Crippen LogP contribution is -2.33. The highest BCUT2D eigenvalue weighted by atomic mass is 35.5. The highest BCUT2D eigenvalue weighted by molar-refractivity contribution is 6.30. The van der Waals surface area contributed by atoms with E-state index >= 15 is 0 Å². The van der Waals surface area contributed by atoms with Gasteiger partial charge >= 0.3 is 5.69 Å². The van der Waals surface area contributed by atoms with Crippen molar-refractivity contribution in [1.82, 2.24) is 24.1 Å². The number of ketones is 1. The topological polar surface area (TPSA) is 107 Å². The fourth-order valence-electron chi connectivity index (χ4n) is 4.79. The van der Waals surface area contributed by atoms with Crippen molar-refractivity contribution in [3.05, 3.63) is 79.5 Å². The van der Waals surface area contributed by atoms with Gasteiger partial charge in [0.2, 0.25) is 5.78 Å². The number of halogens is 1. The van der Waals surface area contributed by atoms with Crippen molar-refractivity contribution in [2.75, 3.05) is 0 Å². The summed E-state index contributed by atoms with van der Waals surface area (Å²) in [5.41, 5.74) is 0.181. The molecule has 1 saturated carbocycles. The number of nitrogens with zero attached hydrogens (tertiary/aromatic N) is 4. The first-order chi connectivity index (χ1) is 17.4. The third-order valence-electron chi connectivity index (χ3n) is 6.64. The summed E-state index contributed by atoms with van der Waals surface area (Å²) >= 11 is 5.91. The predicted octanol–water partition coefficient (Wildman–Crippen LogP) is 3.43. The van der Waals surface area contributed by atoms with Gasteiger partial charge in [-0.2, -0.15) is 0 Å². The molecule has 0 saturated heterocycles. The lowest BCUT2D eigenvalue weighted by atomic mass is 10.1. The van der Waals surface area contributed by atoms with Crippen LogP contribution in [0.2, 0.25) is 5.02 Å². The fraction of sp³-hybridized carbons (Fsp3) is 0.346. The number of aromatic nitrogens is 4. The highest BCUT2D eigenvalue weighted by Gasteiger charge is 2.22. The van der Waals surface area contributed by atoms with Gasteiger partial charge in [-0.3, -0.25) is 19.0 Å². The van der Waals surface area contributed by atoms with Gasteiger partial charge in [0.05, 0.1) is 10.9 Å². The number of aryl methyl sites for hydroxylation is 1. The van der Waals surface area contributed by atoms with Crippen LogP contribution < -0.4 is 16.6 Å². The SMILES string of the molecule is CCCn1c(=O)c2ccc(C(=O)NC3CCCC3)cc2n2c(=O)n(CC(=O)c3ccc(Cl)cc3)nc12. The van der Waals surface area contributed by atoms with Gasteiger partial charge < -0.3 is 5.32 Å². The van der Waals surface area contributed by atoms with Gasteiger partial charge in [-0.15, -0.1) is 5.10 Å². The molecule has 0 radical (unpaired) electrons. The first-order valence-corrected chi connectivity index (χ1v) is 12.5. The van der Waals surface area contributed by atoms with E-state index in [1.54, 1.807) is 42.5 Å². The van der Waals surface area contributed by atoms with Gasteiger partial charge in [0.15, 0.2) is 5.78 Å². The van der Waals surface area contributed by atoms with Crippen LogP contribution in [-0.2, 0) is 13.1 Å². The number of rotatable bonds is 7. The maximum atomic E-state index is 13.5. The van der Waals surface area contributed by atoms with E-state index < -0.39 is 5.69 Å². The Bertz CT molecular complexity index is 1590. The van der Waals surface area contributed by atoms with Crippen molar-refractivity contribution >= 4 is 40.0 Å². The van der Waals surface area contributed by atoms with Crippen molar-refractivity contribution in [3.8, 4) is 0 Å². The number of hydrogen-bond donors (Lipinski definition) is 1. The average Bonchev–Trinajstić information content (AvgIpc) is 3.49. The van der Waals surface area contributed by atoms with Crippen molar-refractivity contribution in [2.45, 2.75) is 58.2 Å². The molecule has 1 amide bonds. The summed E-state index contributed by atoms with van der Waals surface area (Å²) in [7, 11) is 0. The second kappa shape index (κ2) is 9.73. The van der Waals surface area contributed by atoms with E-state index in [1.165, 1.54) is 8.97 Å². The summed E-state index contributed by atoms with van der Waals surface area (Å²) in [5.74, 6) is -0.424. The molecule has 1 N–H and O–H groups in total. The Morgan fingerprint density at radius 2 is 1.75 bits per heavy atom. The second-order valence-corrected chi connectivity index (χ2v) is 9.59. The molecule has 9 nitrogen and oxygen atoms in total. The van der Waals surface area contributed by atoms with Crippen molar-refractivity contribution in [2.24, 2.45) is 0 Å². The normalized spacial score (nSPS) is 14.1. The Kier molecular flexibility index (Phi) is 6.49. The van der Waals surface area contributed by atoms with E-state index in [-0.39, 0.29) is 41.1 Å². The molecule has 0 unspecified atom stereocenters. The summed E-state index contributed by atoms with van der Waals surface area (Å²) in [4.78, 5) is 52.5. The molecule has 0 aliphatic heterocycles. The lowest BCUT2D eigenvalue weighted by molar-refractivity contribution is 0.0936. The molecule has 0 atom stereocenters. The summed E-state index contributed by atoms with van der Waals surface area (Å²) < 4.78 is 3.81. The van der Waals surface area contributed by atoms with Crippen molar-refractivity contribution < 1.29 is 9.59 Å². The molecule has 5 rings (SSSR count). The van der Waals surface area contributed by atoms with E-state index in [9.17, 15) is 19.2 Å². The van der Waals surface area contributed by atoms with E-state index in [0.29, 0.717) is 34.5 Å². The van der Waals surface area contributed by atoms with Gasteiger partial charge in [-0.25, -0.2) is 13.9 Å². The molecule has 1 fully saturated rings. The van der Waals surface area contributed by atoms with Crippen LogP contribution >= 0.6 is 11.6 Å². The summed E-state index contributed by atoms with van der Waals surface area (Å²) in [6.07, 6.45) is 4.71. The summed E-state index contributed by atoms with van der Waals surface area (Å²) in [6, 6.07) is 11.3. The zero-order valence-electron chi connectivity index (χ0n) is 19.9. The monoisotopic (exact) mass is 507 g/mol. The molecule has 4 aromatic rings. The Labute approximate surface area is 211 Å². The molecule has 0 spiro atoms. The number of carbonyl (C=O) groups is 2. The van der Waals surface area contributed by atoms with Gasteiger partial charge in [0.1, 0.15) is 6.54 Å². The van der Waals surface area contributed by atoms with Crippen LogP contribution in [0.5, 0.6) is 0 Å². The maximum absolute atomic E-state index is 13.5. The molecule has 1 aliphatic rings. The minimum absolute atomic E-state index is 0.134. The van der Waals surface area contributed by atoms with E-state index in [1.807, 2.05) is 6.92 Å². The molecular formula is C26H26ClN5O4.